The van der Waals surface area contributed by atoms with Crippen molar-refractivity contribution in [3.05, 3.63) is 35.7 Å². The first kappa shape index (κ1) is 14.2. The molecule has 0 aliphatic heterocycles. The van der Waals surface area contributed by atoms with Gasteiger partial charge in [-0.3, -0.25) is 4.79 Å². The molecule has 3 N–H and O–H groups in total. The second kappa shape index (κ2) is 5.83. The van der Waals surface area contributed by atoms with Gasteiger partial charge in [0.15, 0.2) is 0 Å². The fraction of sp³-hybridized carbons (Fsp3) is 0.357. The number of carbonyl (C=O) groups is 1. The van der Waals surface area contributed by atoms with Crippen molar-refractivity contribution in [1.82, 2.24) is 15.0 Å². The minimum Gasteiger partial charge on any atom is -0.326 e. The van der Waals surface area contributed by atoms with Crippen molar-refractivity contribution >= 4 is 11.6 Å². The fourth-order valence-electron chi connectivity index (χ4n) is 2.15. The summed E-state index contributed by atoms with van der Waals surface area (Å²) >= 11 is 0. The Bertz CT molecular complexity index is 618. The molecule has 0 spiro atoms. The van der Waals surface area contributed by atoms with Crippen LogP contribution in [-0.2, 0) is 11.3 Å². The largest absolute Gasteiger partial charge is 0.326 e. The maximum Gasteiger partial charge on any atom is 0.221 e. The van der Waals surface area contributed by atoms with E-state index in [-0.39, 0.29) is 11.8 Å². The lowest BCUT2D eigenvalue weighted by atomic mass is 10.1. The number of amides is 1. The van der Waals surface area contributed by atoms with Gasteiger partial charge < -0.3 is 11.1 Å². The van der Waals surface area contributed by atoms with Gasteiger partial charge in [-0.1, -0.05) is 25.1 Å². The monoisotopic (exact) mass is 273 g/mol. The first-order valence-corrected chi connectivity index (χ1v) is 6.55. The van der Waals surface area contributed by atoms with Crippen LogP contribution >= 0.6 is 0 Å². The van der Waals surface area contributed by atoms with Crippen LogP contribution in [0.15, 0.2) is 24.3 Å². The predicted octanol–water partition coefficient (Wildman–Crippen LogP) is 1.81. The van der Waals surface area contributed by atoms with Gasteiger partial charge in [0.1, 0.15) is 5.69 Å². The molecule has 2 rings (SSSR count). The number of anilines is 1. The lowest BCUT2D eigenvalue weighted by Crippen LogP contribution is -2.09. The second-order valence-corrected chi connectivity index (χ2v) is 4.92. The van der Waals surface area contributed by atoms with E-state index in [0.29, 0.717) is 6.54 Å². The second-order valence-electron chi connectivity index (χ2n) is 4.92. The zero-order valence-electron chi connectivity index (χ0n) is 11.9. The molecule has 6 nitrogen and oxygen atoms in total. The van der Waals surface area contributed by atoms with Gasteiger partial charge in [0.25, 0.3) is 0 Å². The van der Waals surface area contributed by atoms with E-state index >= 15 is 0 Å². The van der Waals surface area contributed by atoms with Gasteiger partial charge in [-0.25, -0.2) is 4.68 Å². The minimum absolute atomic E-state index is 0.104. The van der Waals surface area contributed by atoms with Gasteiger partial charge in [-0.2, -0.15) is 0 Å². The van der Waals surface area contributed by atoms with Crippen molar-refractivity contribution in [3.8, 4) is 5.69 Å². The van der Waals surface area contributed by atoms with Gasteiger partial charge in [-0.05, 0) is 24.1 Å². The Morgan fingerprint density at radius 3 is 2.80 bits per heavy atom. The van der Waals surface area contributed by atoms with Crippen molar-refractivity contribution in [3.63, 3.8) is 0 Å². The summed E-state index contributed by atoms with van der Waals surface area (Å²) in [6.45, 7) is 5.99. The SMILES string of the molecule is CC(=O)Nc1cccc(-n2nnc(CN)c2C(C)C)c1. The number of hydrogen-bond acceptors (Lipinski definition) is 4. The van der Waals surface area contributed by atoms with Crippen molar-refractivity contribution in [2.75, 3.05) is 5.32 Å². The zero-order valence-corrected chi connectivity index (χ0v) is 11.9. The lowest BCUT2D eigenvalue weighted by molar-refractivity contribution is -0.114. The summed E-state index contributed by atoms with van der Waals surface area (Å²) < 4.78 is 1.78. The van der Waals surface area contributed by atoms with Crippen molar-refractivity contribution < 1.29 is 4.79 Å². The molecular weight excluding hydrogens is 254 g/mol. The number of rotatable bonds is 4. The summed E-state index contributed by atoms with van der Waals surface area (Å²) in [6, 6.07) is 7.49. The summed E-state index contributed by atoms with van der Waals surface area (Å²) in [5.41, 5.74) is 9.08. The Hall–Kier alpha value is -2.21. The molecule has 1 heterocycles. The molecule has 0 atom stereocenters. The summed E-state index contributed by atoms with van der Waals surface area (Å²) in [6.07, 6.45) is 0. The fourth-order valence-corrected chi connectivity index (χ4v) is 2.15. The summed E-state index contributed by atoms with van der Waals surface area (Å²) in [5, 5.41) is 11.1. The molecule has 1 aromatic heterocycles. The van der Waals surface area contributed by atoms with E-state index in [1.165, 1.54) is 6.92 Å². The number of hydrogen-bond donors (Lipinski definition) is 2. The Morgan fingerprint density at radius 2 is 2.20 bits per heavy atom. The quantitative estimate of drug-likeness (QED) is 0.889. The van der Waals surface area contributed by atoms with Gasteiger partial charge in [0.05, 0.1) is 11.4 Å². The maximum atomic E-state index is 11.1. The standard InChI is InChI=1S/C14H19N5O/c1-9(2)14-13(8-15)17-18-19(14)12-6-4-5-11(7-12)16-10(3)20/h4-7,9H,8,15H2,1-3H3,(H,16,20). The van der Waals surface area contributed by atoms with Crippen molar-refractivity contribution in [1.29, 1.82) is 0 Å². The Kier molecular flexibility index (Phi) is 4.14. The van der Waals surface area contributed by atoms with Crippen molar-refractivity contribution in [2.24, 2.45) is 5.73 Å². The third-order valence-electron chi connectivity index (χ3n) is 2.93. The van der Waals surface area contributed by atoms with Crippen LogP contribution in [-0.4, -0.2) is 20.9 Å². The van der Waals surface area contributed by atoms with Crippen molar-refractivity contribution in [2.45, 2.75) is 33.2 Å². The first-order chi connectivity index (χ1) is 9.52. The van der Waals surface area contributed by atoms with Gasteiger partial charge in [-0.15, -0.1) is 5.10 Å². The van der Waals surface area contributed by atoms with E-state index < -0.39 is 0 Å². The minimum atomic E-state index is -0.104. The molecule has 20 heavy (non-hydrogen) atoms. The molecule has 0 bridgehead atoms. The lowest BCUT2D eigenvalue weighted by Gasteiger charge is -2.11. The maximum absolute atomic E-state index is 11.1. The predicted molar refractivity (Wildman–Crippen MR) is 77.6 cm³/mol. The van der Waals surface area contributed by atoms with E-state index in [2.05, 4.69) is 29.5 Å². The molecule has 0 unspecified atom stereocenters. The highest BCUT2D eigenvalue weighted by atomic mass is 16.1. The van der Waals surface area contributed by atoms with E-state index in [0.717, 1.165) is 22.8 Å². The van der Waals surface area contributed by atoms with E-state index in [4.69, 9.17) is 5.73 Å². The van der Waals surface area contributed by atoms with Crippen LogP contribution in [0.5, 0.6) is 0 Å². The molecule has 0 fully saturated rings. The number of carbonyl (C=O) groups excluding carboxylic acids is 1. The van der Waals surface area contributed by atoms with Crippen LogP contribution in [0.1, 0.15) is 38.1 Å². The van der Waals surface area contributed by atoms with Gasteiger partial charge in [0, 0.05) is 19.2 Å². The highest BCUT2D eigenvalue weighted by molar-refractivity contribution is 5.88. The molecule has 1 amide bonds. The molecule has 2 aromatic rings. The average Bonchev–Trinajstić information content (AvgIpc) is 2.82. The molecule has 106 valence electrons. The van der Waals surface area contributed by atoms with E-state index in [1.807, 2.05) is 24.3 Å². The van der Waals surface area contributed by atoms with Crippen LogP contribution in [0, 0.1) is 0 Å². The Morgan fingerprint density at radius 1 is 1.45 bits per heavy atom. The third-order valence-corrected chi connectivity index (χ3v) is 2.93. The molecule has 1 aromatic carbocycles. The number of nitrogens with one attached hydrogen (secondary N) is 1. The molecule has 0 radical (unpaired) electrons. The average molecular weight is 273 g/mol. The molecule has 0 aliphatic carbocycles. The van der Waals surface area contributed by atoms with Crippen LogP contribution in [0.4, 0.5) is 5.69 Å². The van der Waals surface area contributed by atoms with Crippen LogP contribution < -0.4 is 11.1 Å². The van der Waals surface area contributed by atoms with Crippen LogP contribution in [0.3, 0.4) is 0 Å². The normalized spacial score (nSPS) is 10.8. The molecule has 0 saturated carbocycles. The van der Waals surface area contributed by atoms with Crippen LogP contribution in [0.2, 0.25) is 0 Å². The summed E-state index contributed by atoms with van der Waals surface area (Å²) in [7, 11) is 0. The first-order valence-electron chi connectivity index (χ1n) is 6.55. The molecule has 6 heteroatoms. The van der Waals surface area contributed by atoms with Crippen LogP contribution in [0.25, 0.3) is 5.69 Å². The Balaban J connectivity index is 2.46. The summed E-state index contributed by atoms with van der Waals surface area (Å²) in [4.78, 5) is 11.1. The highest BCUT2D eigenvalue weighted by Gasteiger charge is 2.16. The summed E-state index contributed by atoms with van der Waals surface area (Å²) in [5.74, 6) is 0.153. The number of aromatic nitrogens is 3. The van der Waals surface area contributed by atoms with Gasteiger partial charge >= 0.3 is 0 Å². The van der Waals surface area contributed by atoms with Gasteiger partial charge in [0.2, 0.25) is 5.91 Å². The van der Waals surface area contributed by atoms with E-state index in [1.54, 1.807) is 4.68 Å². The smallest absolute Gasteiger partial charge is 0.221 e. The number of benzene rings is 1. The van der Waals surface area contributed by atoms with E-state index in [9.17, 15) is 4.79 Å². The zero-order chi connectivity index (χ0) is 14.7. The molecule has 0 saturated heterocycles. The molecule has 0 aliphatic rings. The highest BCUT2D eigenvalue weighted by Crippen LogP contribution is 2.22. The number of nitrogens with zero attached hydrogens (tertiary/aromatic N) is 3. The molecular formula is C14H19N5O. The topological polar surface area (TPSA) is 85.8 Å². The third kappa shape index (κ3) is 2.85. The number of nitrogens with two attached hydrogens (primary N) is 1. The Labute approximate surface area is 118 Å².